The number of guanidine groups is 1. The van der Waals surface area contributed by atoms with E-state index in [0.29, 0.717) is 24.0 Å². The van der Waals surface area contributed by atoms with Gasteiger partial charge in [0, 0.05) is 44.2 Å². The third-order valence-corrected chi connectivity index (χ3v) is 5.43. The molecule has 1 aromatic heterocycles. The molecule has 3 fully saturated rings. The molecule has 0 aromatic carbocycles. The number of aromatic nitrogens is 1. The average Bonchev–Trinajstić information content (AvgIpc) is 3.31. The van der Waals surface area contributed by atoms with Gasteiger partial charge in [-0.05, 0) is 31.9 Å². The lowest BCUT2D eigenvalue weighted by molar-refractivity contribution is 0.0767. The van der Waals surface area contributed by atoms with Crippen molar-refractivity contribution in [1.29, 1.82) is 0 Å². The zero-order valence-electron chi connectivity index (χ0n) is 14.3. The highest BCUT2D eigenvalue weighted by molar-refractivity contribution is 5.80. The minimum atomic E-state index is 0.499. The zero-order valence-corrected chi connectivity index (χ0v) is 14.3. The van der Waals surface area contributed by atoms with Crippen LogP contribution in [0.2, 0.25) is 0 Å². The Morgan fingerprint density at radius 1 is 1.29 bits per heavy atom. The monoisotopic (exact) mass is 329 g/mol. The highest BCUT2D eigenvalue weighted by Gasteiger charge is 2.53. The summed E-state index contributed by atoms with van der Waals surface area (Å²) in [4.78, 5) is 11.5. The summed E-state index contributed by atoms with van der Waals surface area (Å²) in [6.07, 6.45) is 5.30. The smallest absolute Gasteiger partial charge is 0.193 e. The van der Waals surface area contributed by atoms with Gasteiger partial charge in [-0.25, -0.2) is 4.98 Å². The van der Waals surface area contributed by atoms with Crippen molar-refractivity contribution in [2.45, 2.75) is 32.0 Å². The van der Waals surface area contributed by atoms with Gasteiger partial charge in [0.1, 0.15) is 5.82 Å². The van der Waals surface area contributed by atoms with E-state index in [-0.39, 0.29) is 0 Å². The van der Waals surface area contributed by atoms with Crippen LogP contribution in [0.5, 0.6) is 0 Å². The molecule has 2 N–H and O–H groups in total. The fourth-order valence-electron chi connectivity index (χ4n) is 4.37. The number of hydrogen-bond acceptors (Lipinski definition) is 4. The van der Waals surface area contributed by atoms with E-state index in [2.05, 4.69) is 27.4 Å². The van der Waals surface area contributed by atoms with Crippen LogP contribution in [0.1, 0.15) is 19.8 Å². The molecule has 6 nitrogen and oxygen atoms in total. The molecule has 0 aliphatic carbocycles. The van der Waals surface area contributed by atoms with E-state index in [1.807, 2.05) is 18.2 Å². The molecule has 0 amide bonds. The van der Waals surface area contributed by atoms with Crippen molar-refractivity contribution < 1.29 is 4.74 Å². The predicted octanol–water partition coefficient (Wildman–Crippen LogP) is 1.57. The number of anilines is 1. The number of aliphatic imine (C=N–C) groups is 1. The number of pyridine rings is 1. The molecular weight excluding hydrogens is 302 g/mol. The van der Waals surface area contributed by atoms with E-state index in [1.54, 1.807) is 6.20 Å². The Hall–Kier alpha value is -1.82. The van der Waals surface area contributed by atoms with Gasteiger partial charge in [0.15, 0.2) is 5.96 Å². The summed E-state index contributed by atoms with van der Waals surface area (Å²) in [7, 11) is 0. The van der Waals surface area contributed by atoms with E-state index in [1.165, 1.54) is 12.8 Å². The molecule has 2 bridgehead atoms. The number of hydrogen-bond donors (Lipinski definition) is 2. The lowest BCUT2D eigenvalue weighted by Gasteiger charge is -2.23. The van der Waals surface area contributed by atoms with Crippen LogP contribution >= 0.6 is 0 Å². The summed E-state index contributed by atoms with van der Waals surface area (Å²) in [6.45, 7) is 6.75. The first-order chi connectivity index (χ1) is 11.8. The molecule has 6 heteroatoms. The van der Waals surface area contributed by atoms with Gasteiger partial charge < -0.3 is 20.3 Å². The van der Waals surface area contributed by atoms with Gasteiger partial charge in [0.05, 0.1) is 18.8 Å². The molecule has 4 atom stereocenters. The number of fused-ring (bicyclic) bond motifs is 5. The van der Waals surface area contributed by atoms with Crippen molar-refractivity contribution in [1.82, 2.24) is 15.2 Å². The number of rotatable bonds is 5. The maximum atomic E-state index is 6.07. The van der Waals surface area contributed by atoms with Crippen molar-refractivity contribution in [2.75, 3.05) is 38.0 Å². The van der Waals surface area contributed by atoms with Gasteiger partial charge in [-0.1, -0.05) is 6.07 Å². The van der Waals surface area contributed by atoms with Crippen LogP contribution < -0.4 is 10.6 Å². The molecule has 0 radical (unpaired) electrons. The molecule has 4 heterocycles. The number of nitrogens with one attached hydrogen (secondary N) is 2. The first-order valence-electron chi connectivity index (χ1n) is 9.18. The molecule has 24 heavy (non-hydrogen) atoms. The third-order valence-electron chi connectivity index (χ3n) is 5.43. The first-order valence-corrected chi connectivity index (χ1v) is 9.18. The lowest BCUT2D eigenvalue weighted by Crippen LogP contribution is -2.41. The summed E-state index contributed by atoms with van der Waals surface area (Å²) in [5.74, 6) is 3.37. The van der Waals surface area contributed by atoms with E-state index in [4.69, 9.17) is 9.73 Å². The Balaban J connectivity index is 1.32. The average molecular weight is 329 g/mol. The van der Waals surface area contributed by atoms with Crippen molar-refractivity contribution in [3.05, 3.63) is 24.4 Å². The van der Waals surface area contributed by atoms with E-state index in [0.717, 1.165) is 44.5 Å². The first kappa shape index (κ1) is 15.7. The van der Waals surface area contributed by atoms with Crippen LogP contribution in [0.3, 0.4) is 0 Å². The molecule has 3 aliphatic heterocycles. The lowest BCUT2D eigenvalue weighted by atomic mass is 9.82. The molecule has 130 valence electrons. The van der Waals surface area contributed by atoms with Gasteiger partial charge in [-0.2, -0.15) is 0 Å². The second-order valence-electron chi connectivity index (χ2n) is 6.90. The summed E-state index contributed by atoms with van der Waals surface area (Å²) in [6, 6.07) is 5.89. The van der Waals surface area contributed by atoms with Crippen LogP contribution in [0, 0.1) is 11.8 Å². The Labute approximate surface area is 143 Å². The quantitative estimate of drug-likeness (QED) is 0.488. The van der Waals surface area contributed by atoms with Crippen LogP contribution in [0.15, 0.2) is 29.4 Å². The van der Waals surface area contributed by atoms with E-state index < -0.39 is 0 Å². The SMILES string of the molecule is CCNC(=NCCNc1ccccn1)N1CC2C3CCC(O3)C2C1. The number of likely N-dealkylation sites (tertiary alicyclic amines) is 1. The Kier molecular flexibility index (Phi) is 4.56. The van der Waals surface area contributed by atoms with Gasteiger partial charge in [0.2, 0.25) is 0 Å². The fourth-order valence-corrected chi connectivity index (χ4v) is 4.37. The van der Waals surface area contributed by atoms with Gasteiger partial charge in [-0.3, -0.25) is 4.99 Å². The van der Waals surface area contributed by atoms with E-state index >= 15 is 0 Å². The molecule has 1 aromatic rings. The standard InChI is InChI=1S/C18H27N5O/c1-2-19-18(22-10-9-21-17-5-3-4-8-20-17)23-11-13-14(12-23)16-7-6-15(13)24-16/h3-5,8,13-16H,2,6-7,9-12H2,1H3,(H,19,22)(H,20,21). The maximum Gasteiger partial charge on any atom is 0.193 e. The summed E-state index contributed by atoms with van der Waals surface area (Å²) < 4.78 is 6.07. The Morgan fingerprint density at radius 3 is 2.75 bits per heavy atom. The maximum absolute atomic E-state index is 6.07. The highest BCUT2D eigenvalue weighted by atomic mass is 16.5. The predicted molar refractivity (Wildman–Crippen MR) is 95.2 cm³/mol. The van der Waals surface area contributed by atoms with Crippen molar-refractivity contribution in [3.8, 4) is 0 Å². The van der Waals surface area contributed by atoms with Crippen LogP contribution in [-0.4, -0.2) is 60.8 Å². The highest BCUT2D eigenvalue weighted by Crippen LogP contribution is 2.47. The minimum absolute atomic E-state index is 0.499. The van der Waals surface area contributed by atoms with Crippen molar-refractivity contribution in [3.63, 3.8) is 0 Å². The van der Waals surface area contributed by atoms with Crippen LogP contribution in [-0.2, 0) is 4.74 Å². The number of nitrogens with zero attached hydrogens (tertiary/aromatic N) is 3. The second-order valence-corrected chi connectivity index (χ2v) is 6.90. The van der Waals surface area contributed by atoms with Gasteiger partial charge in [-0.15, -0.1) is 0 Å². The molecule has 0 spiro atoms. The van der Waals surface area contributed by atoms with E-state index in [9.17, 15) is 0 Å². The molecule has 4 rings (SSSR count). The van der Waals surface area contributed by atoms with Gasteiger partial charge in [0.25, 0.3) is 0 Å². The second kappa shape index (κ2) is 6.97. The molecule has 4 unspecified atom stereocenters. The number of ether oxygens (including phenoxy) is 1. The largest absolute Gasteiger partial charge is 0.374 e. The summed E-state index contributed by atoms with van der Waals surface area (Å²) in [5.41, 5.74) is 0. The Morgan fingerprint density at radius 2 is 2.08 bits per heavy atom. The molecular formula is C18H27N5O. The molecule has 3 aliphatic rings. The summed E-state index contributed by atoms with van der Waals surface area (Å²) >= 11 is 0. The minimum Gasteiger partial charge on any atom is -0.374 e. The molecule has 3 saturated heterocycles. The van der Waals surface area contributed by atoms with Crippen molar-refractivity contribution in [2.24, 2.45) is 16.8 Å². The Bertz CT molecular complexity index is 560. The third kappa shape index (κ3) is 3.07. The summed E-state index contributed by atoms with van der Waals surface area (Å²) in [5, 5.41) is 6.77. The van der Waals surface area contributed by atoms with Gasteiger partial charge >= 0.3 is 0 Å². The normalized spacial score (nSPS) is 31.4. The topological polar surface area (TPSA) is 61.8 Å². The van der Waals surface area contributed by atoms with Crippen LogP contribution in [0.25, 0.3) is 0 Å². The van der Waals surface area contributed by atoms with Crippen molar-refractivity contribution >= 4 is 11.8 Å². The van der Waals surface area contributed by atoms with Crippen LogP contribution in [0.4, 0.5) is 5.82 Å². The zero-order chi connectivity index (χ0) is 16.4. The fraction of sp³-hybridized carbons (Fsp3) is 0.667. The molecule has 0 saturated carbocycles.